The van der Waals surface area contributed by atoms with Crippen LogP contribution < -0.4 is 0 Å². The van der Waals surface area contributed by atoms with Crippen molar-refractivity contribution in [3.05, 3.63) is 83.1 Å². The van der Waals surface area contributed by atoms with Crippen molar-refractivity contribution in [2.45, 2.75) is 12.5 Å². The molecule has 4 aliphatic rings. The Bertz CT molecular complexity index is 709. The van der Waals surface area contributed by atoms with Crippen LogP contribution in [0.15, 0.2) is 83.1 Å². The fourth-order valence-electron chi connectivity index (χ4n) is 2.88. The molecule has 0 fully saturated rings. The number of fused-ring (bicyclic) bond motifs is 4. The Kier molecular flexibility index (Phi) is 2.39. The van der Waals surface area contributed by atoms with Gasteiger partial charge in [-0.2, -0.15) is 0 Å². The third-order valence-corrected chi connectivity index (χ3v) is 3.78. The largest absolute Gasteiger partial charge is 0.489 e. The van der Waals surface area contributed by atoms with Gasteiger partial charge in [0.15, 0.2) is 5.78 Å². The molecule has 2 heterocycles. The first-order valence-electron chi connectivity index (χ1n) is 6.54. The lowest BCUT2D eigenvalue weighted by molar-refractivity contribution is -0.114. The van der Waals surface area contributed by atoms with Gasteiger partial charge in [0.1, 0.15) is 6.10 Å². The molecule has 1 unspecified atom stereocenters. The molecule has 0 N–H and O–H groups in total. The van der Waals surface area contributed by atoms with E-state index in [1.165, 1.54) is 0 Å². The molecular formula is C17H12O3. The minimum absolute atomic E-state index is 0.0928. The van der Waals surface area contributed by atoms with Gasteiger partial charge in [0.05, 0.1) is 18.8 Å². The minimum Gasteiger partial charge on any atom is -0.489 e. The first-order chi connectivity index (χ1) is 9.83. The Morgan fingerprint density at radius 1 is 1.15 bits per heavy atom. The van der Waals surface area contributed by atoms with Crippen molar-refractivity contribution in [3.8, 4) is 0 Å². The quantitative estimate of drug-likeness (QED) is 0.674. The molecule has 0 aromatic rings. The number of hydrogen-bond acceptors (Lipinski definition) is 3. The van der Waals surface area contributed by atoms with E-state index in [0.717, 1.165) is 27.9 Å². The van der Waals surface area contributed by atoms with Crippen molar-refractivity contribution < 1.29 is 14.3 Å². The Balaban J connectivity index is 1.88. The molecule has 98 valence electrons. The molecule has 2 aliphatic heterocycles. The summed E-state index contributed by atoms with van der Waals surface area (Å²) in [6.07, 6.45) is 16.6. The number of carbonyl (C=O) groups excluding carboxylic acids is 1. The van der Waals surface area contributed by atoms with E-state index in [9.17, 15) is 4.79 Å². The van der Waals surface area contributed by atoms with Crippen molar-refractivity contribution in [3.63, 3.8) is 0 Å². The van der Waals surface area contributed by atoms with E-state index < -0.39 is 0 Å². The Hall–Kier alpha value is -2.55. The van der Waals surface area contributed by atoms with Crippen LogP contribution >= 0.6 is 0 Å². The lowest BCUT2D eigenvalue weighted by Gasteiger charge is -2.28. The highest BCUT2D eigenvalue weighted by molar-refractivity contribution is 5.96. The van der Waals surface area contributed by atoms with Crippen molar-refractivity contribution >= 4 is 5.78 Å². The number of rotatable bonds is 0. The third kappa shape index (κ3) is 1.63. The van der Waals surface area contributed by atoms with E-state index in [0.29, 0.717) is 6.42 Å². The maximum Gasteiger partial charge on any atom is 0.160 e. The zero-order valence-electron chi connectivity index (χ0n) is 10.7. The number of ketones is 1. The lowest BCUT2D eigenvalue weighted by atomic mass is 9.84. The minimum atomic E-state index is -0.163. The number of carbonyl (C=O) groups is 1. The van der Waals surface area contributed by atoms with Crippen molar-refractivity contribution in [2.75, 3.05) is 0 Å². The highest BCUT2D eigenvalue weighted by Crippen LogP contribution is 2.39. The van der Waals surface area contributed by atoms with Crippen LogP contribution in [0.4, 0.5) is 0 Å². The summed E-state index contributed by atoms with van der Waals surface area (Å²) in [5.41, 5.74) is 4.96. The monoisotopic (exact) mass is 264 g/mol. The van der Waals surface area contributed by atoms with Crippen molar-refractivity contribution in [1.82, 2.24) is 0 Å². The number of allylic oxidation sites excluding steroid dienone is 8. The normalized spacial score (nSPS) is 26.3. The molecule has 0 aromatic carbocycles. The van der Waals surface area contributed by atoms with Crippen LogP contribution in [-0.4, -0.2) is 11.9 Å². The van der Waals surface area contributed by atoms with E-state index >= 15 is 0 Å². The summed E-state index contributed by atoms with van der Waals surface area (Å²) in [6, 6.07) is 0. The first-order valence-corrected chi connectivity index (χ1v) is 6.54. The number of hydrogen-bond donors (Lipinski definition) is 0. The van der Waals surface area contributed by atoms with Crippen LogP contribution in [0.2, 0.25) is 0 Å². The smallest absolute Gasteiger partial charge is 0.160 e. The molecule has 0 radical (unpaired) electrons. The van der Waals surface area contributed by atoms with Gasteiger partial charge in [-0.25, -0.2) is 0 Å². The van der Waals surface area contributed by atoms with Crippen LogP contribution in [-0.2, 0) is 14.3 Å². The van der Waals surface area contributed by atoms with Gasteiger partial charge in [-0.15, -0.1) is 0 Å². The molecule has 3 nitrogen and oxygen atoms in total. The average molecular weight is 264 g/mol. The highest BCUT2D eigenvalue weighted by Gasteiger charge is 2.31. The maximum atomic E-state index is 12.1. The van der Waals surface area contributed by atoms with Crippen molar-refractivity contribution in [1.29, 1.82) is 0 Å². The second kappa shape index (κ2) is 4.23. The molecule has 0 amide bonds. The summed E-state index contributed by atoms with van der Waals surface area (Å²) in [7, 11) is 0. The number of ether oxygens (including phenoxy) is 2. The zero-order valence-corrected chi connectivity index (χ0v) is 10.7. The van der Waals surface area contributed by atoms with Gasteiger partial charge in [-0.1, -0.05) is 18.2 Å². The molecule has 2 aliphatic carbocycles. The third-order valence-electron chi connectivity index (χ3n) is 3.78. The first kappa shape index (κ1) is 11.3. The van der Waals surface area contributed by atoms with Gasteiger partial charge in [0, 0.05) is 12.0 Å². The van der Waals surface area contributed by atoms with E-state index in [2.05, 4.69) is 0 Å². The molecule has 0 saturated carbocycles. The van der Waals surface area contributed by atoms with Crippen LogP contribution in [0.1, 0.15) is 6.42 Å². The molecule has 3 heteroatoms. The van der Waals surface area contributed by atoms with Crippen LogP contribution in [0.25, 0.3) is 0 Å². The van der Waals surface area contributed by atoms with Crippen LogP contribution in [0.5, 0.6) is 0 Å². The van der Waals surface area contributed by atoms with Gasteiger partial charge in [-0.05, 0) is 40.5 Å². The molecule has 4 rings (SSSR count). The van der Waals surface area contributed by atoms with E-state index in [-0.39, 0.29) is 11.9 Å². The van der Waals surface area contributed by atoms with Crippen LogP contribution in [0, 0.1) is 0 Å². The summed E-state index contributed by atoms with van der Waals surface area (Å²) in [4.78, 5) is 12.1. The standard InChI is InChI=1S/C17H12O3/c18-13-8-12-5-7-19-10-16(12)14-4-3-11-2-1-6-20-17(11)15(14)9-13/h1-8,10,17H,9H2. The SMILES string of the molecule is O=C1C=C2C=COC=C2C2=C(C1)C1OC=CC=C1C=C2. The summed E-state index contributed by atoms with van der Waals surface area (Å²) >= 11 is 0. The summed E-state index contributed by atoms with van der Waals surface area (Å²) in [6.45, 7) is 0. The molecule has 20 heavy (non-hydrogen) atoms. The predicted molar refractivity (Wildman–Crippen MR) is 74.3 cm³/mol. The maximum absolute atomic E-state index is 12.1. The summed E-state index contributed by atoms with van der Waals surface area (Å²) < 4.78 is 11.0. The molecule has 0 spiro atoms. The van der Waals surface area contributed by atoms with Crippen LogP contribution in [0.3, 0.4) is 0 Å². The van der Waals surface area contributed by atoms with E-state index in [1.54, 1.807) is 24.9 Å². The summed E-state index contributed by atoms with van der Waals surface area (Å²) in [5, 5.41) is 0. The Morgan fingerprint density at radius 3 is 3.05 bits per heavy atom. The summed E-state index contributed by atoms with van der Waals surface area (Å²) in [5.74, 6) is 0.0928. The van der Waals surface area contributed by atoms with Gasteiger partial charge in [0.25, 0.3) is 0 Å². The fourth-order valence-corrected chi connectivity index (χ4v) is 2.88. The van der Waals surface area contributed by atoms with Gasteiger partial charge in [0.2, 0.25) is 0 Å². The van der Waals surface area contributed by atoms with Gasteiger partial charge < -0.3 is 9.47 Å². The predicted octanol–water partition coefficient (Wildman–Crippen LogP) is 3.02. The molecule has 0 bridgehead atoms. The topological polar surface area (TPSA) is 35.5 Å². The average Bonchev–Trinajstić information content (AvgIpc) is 2.62. The molecule has 0 aromatic heterocycles. The Labute approximate surface area is 116 Å². The second-order valence-electron chi connectivity index (χ2n) is 5.00. The Morgan fingerprint density at radius 2 is 2.10 bits per heavy atom. The molecule has 0 saturated heterocycles. The molecular weight excluding hydrogens is 252 g/mol. The zero-order chi connectivity index (χ0) is 13.5. The van der Waals surface area contributed by atoms with Gasteiger partial charge >= 0.3 is 0 Å². The molecule has 1 atom stereocenters. The van der Waals surface area contributed by atoms with Gasteiger partial charge in [-0.3, -0.25) is 4.79 Å². The van der Waals surface area contributed by atoms with Crippen molar-refractivity contribution in [2.24, 2.45) is 0 Å². The lowest BCUT2D eigenvalue weighted by Crippen LogP contribution is -2.22. The fraction of sp³-hybridized carbons (Fsp3) is 0.118. The second-order valence-corrected chi connectivity index (χ2v) is 5.00. The highest BCUT2D eigenvalue weighted by atomic mass is 16.5. The van der Waals surface area contributed by atoms with E-state index in [4.69, 9.17) is 9.47 Å². The van der Waals surface area contributed by atoms with E-state index in [1.807, 2.05) is 30.4 Å².